The molecule has 2 N–H and O–H groups in total. The summed E-state index contributed by atoms with van der Waals surface area (Å²) in [5.41, 5.74) is 5.84. The van der Waals surface area contributed by atoms with Crippen molar-refractivity contribution in [1.29, 1.82) is 0 Å². The van der Waals surface area contributed by atoms with Gasteiger partial charge in [0.2, 0.25) is 0 Å². The Hall–Kier alpha value is -0.960. The molecule has 0 aliphatic heterocycles. The van der Waals surface area contributed by atoms with Gasteiger partial charge >= 0.3 is 0 Å². The number of hydrogen-bond donors (Lipinski definition) is 1. The molecule has 2 rings (SSSR count). The molecule has 1 aromatic rings. The number of nitrogens with two attached hydrogens (primary N) is 1. The highest BCUT2D eigenvalue weighted by Gasteiger charge is 2.31. The summed E-state index contributed by atoms with van der Waals surface area (Å²) in [6.45, 7) is 0. The first-order valence-corrected chi connectivity index (χ1v) is 5.32. The molecule has 1 aromatic carbocycles. The number of rotatable bonds is 2. The van der Waals surface area contributed by atoms with Crippen LogP contribution >= 0.6 is 0 Å². The smallest absolute Gasteiger partial charge is 0.129 e. The highest BCUT2D eigenvalue weighted by Crippen LogP contribution is 2.31. The molecule has 82 valence electrons. The van der Waals surface area contributed by atoms with Gasteiger partial charge in [0.25, 0.3) is 0 Å². The van der Waals surface area contributed by atoms with Crippen molar-refractivity contribution >= 4 is 0 Å². The molecule has 0 amide bonds. The highest BCUT2D eigenvalue weighted by molar-refractivity contribution is 5.22. The van der Waals surface area contributed by atoms with Crippen molar-refractivity contribution in [2.75, 3.05) is 0 Å². The average Bonchev–Trinajstić information content (AvgIpc) is 2.60. The van der Waals surface area contributed by atoms with Crippen LogP contribution in [0.5, 0.6) is 0 Å². The molecule has 0 radical (unpaired) electrons. The van der Waals surface area contributed by atoms with Gasteiger partial charge in [0, 0.05) is 11.1 Å². The first-order valence-electron chi connectivity index (χ1n) is 5.32. The zero-order chi connectivity index (χ0) is 10.9. The first kappa shape index (κ1) is 10.6. The molecule has 0 unspecified atom stereocenters. The Labute approximate surface area is 88.3 Å². The molecule has 1 fully saturated rings. The maximum absolute atomic E-state index is 13.4. The van der Waals surface area contributed by atoms with Crippen LogP contribution < -0.4 is 5.73 Å². The van der Waals surface area contributed by atoms with Gasteiger partial charge in [0.05, 0.1) is 0 Å². The van der Waals surface area contributed by atoms with Crippen LogP contribution in [-0.4, -0.2) is 5.54 Å². The fourth-order valence-electron chi connectivity index (χ4n) is 2.31. The normalized spacial score (nSPS) is 19.4. The fourth-order valence-corrected chi connectivity index (χ4v) is 2.31. The minimum Gasteiger partial charge on any atom is -0.325 e. The lowest BCUT2D eigenvalue weighted by molar-refractivity contribution is 0.415. The van der Waals surface area contributed by atoms with Crippen molar-refractivity contribution in [2.24, 2.45) is 5.73 Å². The van der Waals surface area contributed by atoms with Crippen LogP contribution in [0.15, 0.2) is 18.2 Å². The van der Waals surface area contributed by atoms with Crippen molar-refractivity contribution < 1.29 is 8.78 Å². The van der Waals surface area contributed by atoms with Gasteiger partial charge in [-0.25, -0.2) is 8.78 Å². The molecule has 1 aliphatic carbocycles. The van der Waals surface area contributed by atoms with Gasteiger partial charge in [-0.2, -0.15) is 0 Å². The number of benzene rings is 1. The van der Waals surface area contributed by atoms with Crippen LogP contribution in [0.1, 0.15) is 31.2 Å². The largest absolute Gasteiger partial charge is 0.325 e. The molecular weight excluding hydrogens is 196 g/mol. The summed E-state index contributed by atoms with van der Waals surface area (Å²) >= 11 is 0. The Morgan fingerprint density at radius 3 is 2.20 bits per heavy atom. The van der Waals surface area contributed by atoms with Crippen LogP contribution in [0.4, 0.5) is 8.78 Å². The third-order valence-corrected chi connectivity index (χ3v) is 3.19. The van der Waals surface area contributed by atoms with E-state index in [1.54, 1.807) is 0 Å². The van der Waals surface area contributed by atoms with Crippen molar-refractivity contribution in [3.05, 3.63) is 35.4 Å². The monoisotopic (exact) mass is 211 g/mol. The molecule has 1 nitrogen and oxygen atoms in total. The Bertz CT molecular complexity index is 336. The molecule has 3 heteroatoms. The lowest BCUT2D eigenvalue weighted by Gasteiger charge is -2.23. The number of halogens is 2. The zero-order valence-corrected chi connectivity index (χ0v) is 8.60. The Balaban J connectivity index is 2.23. The molecule has 1 saturated carbocycles. The molecule has 0 spiro atoms. The van der Waals surface area contributed by atoms with E-state index in [-0.39, 0.29) is 5.56 Å². The van der Waals surface area contributed by atoms with E-state index in [1.807, 2.05) is 0 Å². The van der Waals surface area contributed by atoms with Gasteiger partial charge in [-0.05, 0) is 31.4 Å². The molecule has 0 bridgehead atoms. The summed E-state index contributed by atoms with van der Waals surface area (Å²) in [6.07, 6.45) is 4.16. The van der Waals surface area contributed by atoms with E-state index in [0.29, 0.717) is 6.42 Å². The quantitative estimate of drug-likeness (QED) is 0.799. The third-order valence-electron chi connectivity index (χ3n) is 3.19. The lowest BCUT2D eigenvalue weighted by Crippen LogP contribution is -2.39. The Morgan fingerprint density at radius 1 is 1.13 bits per heavy atom. The van der Waals surface area contributed by atoms with Crippen molar-refractivity contribution in [3.63, 3.8) is 0 Å². The van der Waals surface area contributed by atoms with Gasteiger partial charge in [-0.1, -0.05) is 18.9 Å². The predicted octanol–water partition coefficient (Wildman–Crippen LogP) is 2.78. The minimum atomic E-state index is -0.480. The maximum Gasteiger partial charge on any atom is 0.129 e. The van der Waals surface area contributed by atoms with Gasteiger partial charge in [-0.3, -0.25) is 0 Å². The molecule has 15 heavy (non-hydrogen) atoms. The summed E-state index contributed by atoms with van der Waals surface area (Å²) in [7, 11) is 0. The maximum atomic E-state index is 13.4. The van der Waals surface area contributed by atoms with Crippen molar-refractivity contribution in [1.82, 2.24) is 0 Å². The van der Waals surface area contributed by atoms with E-state index in [2.05, 4.69) is 0 Å². The van der Waals surface area contributed by atoms with Crippen LogP contribution in [-0.2, 0) is 6.42 Å². The van der Waals surface area contributed by atoms with Crippen molar-refractivity contribution in [2.45, 2.75) is 37.6 Å². The van der Waals surface area contributed by atoms with Gasteiger partial charge in [0.15, 0.2) is 0 Å². The summed E-state index contributed by atoms with van der Waals surface area (Å²) in [5, 5.41) is 0. The lowest BCUT2D eigenvalue weighted by atomic mass is 9.90. The summed E-state index contributed by atoms with van der Waals surface area (Å²) < 4.78 is 26.8. The van der Waals surface area contributed by atoms with Crippen molar-refractivity contribution in [3.8, 4) is 0 Å². The molecule has 0 heterocycles. The molecule has 0 atom stereocenters. The molecule has 0 saturated heterocycles. The highest BCUT2D eigenvalue weighted by atomic mass is 19.1. The minimum absolute atomic E-state index is 0.141. The van der Waals surface area contributed by atoms with Gasteiger partial charge in [0.1, 0.15) is 11.6 Å². The summed E-state index contributed by atoms with van der Waals surface area (Å²) in [5.74, 6) is -0.960. The fraction of sp³-hybridized carbons (Fsp3) is 0.500. The van der Waals surface area contributed by atoms with E-state index in [4.69, 9.17) is 5.73 Å². The van der Waals surface area contributed by atoms with E-state index in [1.165, 1.54) is 18.2 Å². The second kappa shape index (κ2) is 3.89. The Kier molecular flexibility index (Phi) is 2.74. The summed E-state index contributed by atoms with van der Waals surface area (Å²) in [6, 6.07) is 3.96. The van der Waals surface area contributed by atoms with Crippen LogP contribution in [0.25, 0.3) is 0 Å². The van der Waals surface area contributed by atoms with Crippen LogP contribution in [0.3, 0.4) is 0 Å². The van der Waals surface area contributed by atoms with Crippen LogP contribution in [0.2, 0.25) is 0 Å². The number of hydrogen-bond acceptors (Lipinski definition) is 1. The third kappa shape index (κ3) is 2.17. The van der Waals surface area contributed by atoms with E-state index in [9.17, 15) is 8.78 Å². The standard InChI is InChI=1S/C12H15F2N/c13-10-4-3-5-11(14)9(10)8-12(15)6-1-2-7-12/h3-5H,1-2,6-8,15H2. The second-order valence-electron chi connectivity index (χ2n) is 4.45. The van der Waals surface area contributed by atoms with E-state index < -0.39 is 17.2 Å². The predicted molar refractivity (Wildman–Crippen MR) is 55.4 cm³/mol. The van der Waals surface area contributed by atoms with E-state index in [0.717, 1.165) is 25.7 Å². The molecule has 1 aliphatic rings. The van der Waals surface area contributed by atoms with Gasteiger partial charge in [-0.15, -0.1) is 0 Å². The zero-order valence-electron chi connectivity index (χ0n) is 8.60. The Morgan fingerprint density at radius 2 is 1.67 bits per heavy atom. The van der Waals surface area contributed by atoms with Gasteiger partial charge < -0.3 is 5.73 Å². The average molecular weight is 211 g/mol. The topological polar surface area (TPSA) is 26.0 Å². The summed E-state index contributed by atoms with van der Waals surface area (Å²) in [4.78, 5) is 0. The first-order chi connectivity index (χ1) is 7.11. The SMILES string of the molecule is NC1(Cc2c(F)cccc2F)CCCC1. The van der Waals surface area contributed by atoms with Crippen LogP contribution in [0, 0.1) is 11.6 Å². The van der Waals surface area contributed by atoms with E-state index >= 15 is 0 Å². The molecular formula is C12H15F2N. The molecule has 0 aromatic heterocycles. The second-order valence-corrected chi connectivity index (χ2v) is 4.45.